The van der Waals surface area contributed by atoms with E-state index in [9.17, 15) is 4.39 Å². The van der Waals surface area contributed by atoms with Gasteiger partial charge in [-0.2, -0.15) is 0 Å². The maximum atomic E-state index is 13.0. The summed E-state index contributed by atoms with van der Waals surface area (Å²) in [5, 5.41) is 3.28. The zero-order chi connectivity index (χ0) is 12.1. The van der Waals surface area contributed by atoms with E-state index in [0.29, 0.717) is 6.54 Å². The van der Waals surface area contributed by atoms with Gasteiger partial charge < -0.3 is 10.1 Å². The SMILES string of the molecule is Fc1ccc(Br)c(CNCC2CCC=CO2)c1. The van der Waals surface area contributed by atoms with Crippen molar-refractivity contribution >= 4 is 15.9 Å². The Kier molecular flexibility index (Phi) is 4.57. The van der Waals surface area contributed by atoms with Crippen LogP contribution in [-0.4, -0.2) is 12.6 Å². The van der Waals surface area contributed by atoms with Gasteiger partial charge in [-0.1, -0.05) is 15.9 Å². The minimum absolute atomic E-state index is 0.207. The van der Waals surface area contributed by atoms with Crippen LogP contribution >= 0.6 is 15.9 Å². The fourth-order valence-electron chi connectivity index (χ4n) is 1.78. The van der Waals surface area contributed by atoms with Gasteiger partial charge in [-0.25, -0.2) is 4.39 Å². The smallest absolute Gasteiger partial charge is 0.123 e. The van der Waals surface area contributed by atoms with Gasteiger partial charge in [-0.05, 0) is 42.7 Å². The molecule has 0 aromatic heterocycles. The molecule has 4 heteroatoms. The van der Waals surface area contributed by atoms with Crippen molar-refractivity contribution in [2.24, 2.45) is 0 Å². The van der Waals surface area contributed by atoms with Crippen LogP contribution in [0.15, 0.2) is 35.0 Å². The van der Waals surface area contributed by atoms with Crippen molar-refractivity contribution in [3.63, 3.8) is 0 Å². The molecule has 1 atom stereocenters. The monoisotopic (exact) mass is 299 g/mol. The Balaban J connectivity index is 1.81. The van der Waals surface area contributed by atoms with Crippen molar-refractivity contribution < 1.29 is 9.13 Å². The largest absolute Gasteiger partial charge is 0.497 e. The van der Waals surface area contributed by atoms with E-state index < -0.39 is 0 Å². The molecule has 1 aromatic rings. The molecule has 0 saturated heterocycles. The Hall–Kier alpha value is -0.870. The summed E-state index contributed by atoms with van der Waals surface area (Å²) < 4.78 is 19.4. The predicted molar refractivity (Wildman–Crippen MR) is 69.1 cm³/mol. The number of hydrogen-bond donors (Lipinski definition) is 1. The van der Waals surface area contributed by atoms with E-state index in [2.05, 4.69) is 21.2 Å². The van der Waals surface area contributed by atoms with Crippen molar-refractivity contribution in [3.05, 3.63) is 46.4 Å². The van der Waals surface area contributed by atoms with E-state index >= 15 is 0 Å². The van der Waals surface area contributed by atoms with Crippen LogP contribution < -0.4 is 5.32 Å². The number of halogens is 2. The minimum Gasteiger partial charge on any atom is -0.497 e. The van der Waals surface area contributed by atoms with Crippen molar-refractivity contribution in [2.75, 3.05) is 6.54 Å². The molecule has 1 aliphatic rings. The summed E-state index contributed by atoms with van der Waals surface area (Å²) in [6.45, 7) is 1.43. The van der Waals surface area contributed by atoms with Crippen LogP contribution in [0.5, 0.6) is 0 Å². The van der Waals surface area contributed by atoms with E-state index in [-0.39, 0.29) is 11.9 Å². The average Bonchev–Trinajstić information content (AvgIpc) is 2.35. The van der Waals surface area contributed by atoms with E-state index in [0.717, 1.165) is 29.4 Å². The quantitative estimate of drug-likeness (QED) is 0.920. The molecule has 0 amide bonds. The van der Waals surface area contributed by atoms with Crippen molar-refractivity contribution in [2.45, 2.75) is 25.5 Å². The third kappa shape index (κ3) is 3.82. The summed E-state index contributed by atoms with van der Waals surface area (Å²) in [5.41, 5.74) is 0.927. The molecule has 0 fully saturated rings. The lowest BCUT2D eigenvalue weighted by molar-refractivity contribution is 0.122. The van der Waals surface area contributed by atoms with Crippen LogP contribution in [0.4, 0.5) is 4.39 Å². The predicted octanol–water partition coefficient (Wildman–Crippen LogP) is 3.37. The molecular weight excluding hydrogens is 285 g/mol. The highest BCUT2D eigenvalue weighted by Crippen LogP contribution is 2.17. The summed E-state index contributed by atoms with van der Waals surface area (Å²) >= 11 is 3.41. The normalized spacial score (nSPS) is 19.1. The van der Waals surface area contributed by atoms with Crippen LogP contribution in [0.1, 0.15) is 18.4 Å². The van der Waals surface area contributed by atoms with Gasteiger partial charge in [0.1, 0.15) is 11.9 Å². The lowest BCUT2D eigenvalue weighted by Crippen LogP contribution is -2.28. The van der Waals surface area contributed by atoms with Gasteiger partial charge >= 0.3 is 0 Å². The van der Waals surface area contributed by atoms with Gasteiger partial charge in [0, 0.05) is 17.6 Å². The number of hydrogen-bond acceptors (Lipinski definition) is 2. The molecule has 2 nitrogen and oxygen atoms in total. The second-order valence-electron chi connectivity index (χ2n) is 4.07. The molecule has 0 aliphatic carbocycles. The van der Waals surface area contributed by atoms with Crippen molar-refractivity contribution in [1.82, 2.24) is 5.32 Å². The molecule has 17 heavy (non-hydrogen) atoms. The van der Waals surface area contributed by atoms with Crippen molar-refractivity contribution in [3.8, 4) is 0 Å². The first-order chi connectivity index (χ1) is 8.25. The summed E-state index contributed by atoms with van der Waals surface area (Å²) in [7, 11) is 0. The number of nitrogens with one attached hydrogen (secondary N) is 1. The Morgan fingerprint density at radius 2 is 2.35 bits per heavy atom. The highest BCUT2D eigenvalue weighted by atomic mass is 79.9. The molecule has 1 heterocycles. The summed E-state index contributed by atoms with van der Waals surface area (Å²) in [5.74, 6) is -0.207. The zero-order valence-electron chi connectivity index (χ0n) is 9.46. The Labute approximate surface area is 109 Å². The van der Waals surface area contributed by atoms with Gasteiger partial charge in [0.05, 0.1) is 6.26 Å². The third-order valence-corrected chi connectivity index (χ3v) is 3.49. The highest BCUT2D eigenvalue weighted by Gasteiger charge is 2.10. The molecule has 1 aliphatic heterocycles. The van der Waals surface area contributed by atoms with E-state index in [1.54, 1.807) is 18.4 Å². The van der Waals surface area contributed by atoms with Gasteiger partial charge in [-0.3, -0.25) is 0 Å². The molecule has 1 unspecified atom stereocenters. The minimum atomic E-state index is -0.207. The van der Waals surface area contributed by atoms with Gasteiger partial charge in [0.15, 0.2) is 0 Å². The first-order valence-electron chi connectivity index (χ1n) is 5.71. The van der Waals surface area contributed by atoms with Crippen LogP contribution in [0.25, 0.3) is 0 Å². The Morgan fingerprint density at radius 1 is 1.47 bits per heavy atom. The number of benzene rings is 1. The van der Waals surface area contributed by atoms with E-state index in [1.807, 2.05) is 6.08 Å². The standard InChI is InChI=1S/C13H15BrFNO/c14-13-5-4-11(15)7-10(13)8-16-9-12-3-1-2-6-17-12/h2,4-7,12,16H,1,3,8-9H2. The first kappa shape index (κ1) is 12.6. The molecule has 0 radical (unpaired) electrons. The van der Waals surface area contributed by atoms with Crippen LogP contribution in [-0.2, 0) is 11.3 Å². The molecule has 0 saturated carbocycles. The first-order valence-corrected chi connectivity index (χ1v) is 6.50. The van der Waals surface area contributed by atoms with Gasteiger partial charge in [0.2, 0.25) is 0 Å². The molecule has 92 valence electrons. The second-order valence-corrected chi connectivity index (χ2v) is 4.93. The lowest BCUT2D eigenvalue weighted by Gasteiger charge is -2.19. The topological polar surface area (TPSA) is 21.3 Å². The van der Waals surface area contributed by atoms with E-state index in [1.165, 1.54) is 6.07 Å². The maximum absolute atomic E-state index is 13.0. The fraction of sp³-hybridized carbons (Fsp3) is 0.385. The molecular formula is C13H15BrFNO. The summed E-state index contributed by atoms with van der Waals surface area (Å²) in [6, 6.07) is 4.72. The summed E-state index contributed by atoms with van der Waals surface area (Å²) in [4.78, 5) is 0. The lowest BCUT2D eigenvalue weighted by atomic mass is 10.1. The van der Waals surface area contributed by atoms with Crippen LogP contribution in [0, 0.1) is 5.82 Å². The highest BCUT2D eigenvalue weighted by molar-refractivity contribution is 9.10. The number of ether oxygens (including phenoxy) is 1. The third-order valence-electron chi connectivity index (χ3n) is 2.72. The molecule has 0 spiro atoms. The zero-order valence-corrected chi connectivity index (χ0v) is 11.0. The Morgan fingerprint density at radius 3 is 3.12 bits per heavy atom. The maximum Gasteiger partial charge on any atom is 0.123 e. The van der Waals surface area contributed by atoms with Crippen LogP contribution in [0.3, 0.4) is 0 Å². The van der Waals surface area contributed by atoms with E-state index in [4.69, 9.17) is 4.74 Å². The fourth-order valence-corrected chi connectivity index (χ4v) is 2.17. The Bertz CT molecular complexity index is 408. The molecule has 1 N–H and O–H groups in total. The molecule has 2 rings (SSSR count). The molecule has 1 aromatic carbocycles. The summed E-state index contributed by atoms with van der Waals surface area (Å²) in [6.07, 6.45) is 6.12. The van der Waals surface area contributed by atoms with Gasteiger partial charge in [0.25, 0.3) is 0 Å². The van der Waals surface area contributed by atoms with Gasteiger partial charge in [-0.15, -0.1) is 0 Å². The van der Waals surface area contributed by atoms with Crippen LogP contribution in [0.2, 0.25) is 0 Å². The van der Waals surface area contributed by atoms with Crippen molar-refractivity contribution in [1.29, 1.82) is 0 Å². The number of allylic oxidation sites excluding steroid dienone is 1. The molecule has 0 bridgehead atoms. The number of rotatable bonds is 4. The average molecular weight is 300 g/mol. The second kappa shape index (κ2) is 6.17.